The minimum atomic E-state index is -0.162. The molecular formula is C15H20O4. The van der Waals surface area contributed by atoms with Crippen molar-refractivity contribution in [2.75, 3.05) is 13.4 Å². The molecular weight excluding hydrogens is 244 g/mol. The molecule has 1 aliphatic heterocycles. The average molecular weight is 264 g/mol. The maximum atomic E-state index is 11.7. The predicted molar refractivity (Wildman–Crippen MR) is 71.4 cm³/mol. The van der Waals surface area contributed by atoms with Crippen LogP contribution in [0, 0.1) is 5.92 Å². The van der Waals surface area contributed by atoms with Crippen molar-refractivity contribution < 1.29 is 19.0 Å². The van der Waals surface area contributed by atoms with E-state index in [-0.39, 0.29) is 18.7 Å². The van der Waals surface area contributed by atoms with Crippen LogP contribution in [-0.4, -0.2) is 19.4 Å². The summed E-state index contributed by atoms with van der Waals surface area (Å²) in [5.41, 5.74) is 1.02. The summed E-state index contributed by atoms with van der Waals surface area (Å²) in [6, 6.07) is 5.70. The monoisotopic (exact) mass is 264 g/mol. The number of esters is 1. The van der Waals surface area contributed by atoms with Crippen molar-refractivity contribution in [3.8, 4) is 11.5 Å². The summed E-state index contributed by atoms with van der Waals surface area (Å²) in [5.74, 6) is 1.87. The zero-order valence-electron chi connectivity index (χ0n) is 11.6. The summed E-state index contributed by atoms with van der Waals surface area (Å²) >= 11 is 0. The maximum Gasteiger partial charge on any atom is 0.306 e. The lowest BCUT2D eigenvalue weighted by molar-refractivity contribution is -0.145. The predicted octanol–water partition coefficient (Wildman–Crippen LogP) is 3.11. The smallest absolute Gasteiger partial charge is 0.306 e. The van der Waals surface area contributed by atoms with Crippen molar-refractivity contribution in [2.45, 2.75) is 33.1 Å². The van der Waals surface area contributed by atoms with Gasteiger partial charge in [0.1, 0.15) is 11.5 Å². The number of ether oxygens (including phenoxy) is 3. The van der Waals surface area contributed by atoms with Gasteiger partial charge in [-0.1, -0.05) is 26.8 Å². The summed E-state index contributed by atoms with van der Waals surface area (Å²) in [4.78, 5) is 11.7. The van der Waals surface area contributed by atoms with Crippen LogP contribution >= 0.6 is 0 Å². The molecule has 0 aliphatic carbocycles. The van der Waals surface area contributed by atoms with Crippen LogP contribution in [0.3, 0.4) is 0 Å². The number of benzene rings is 1. The van der Waals surface area contributed by atoms with Gasteiger partial charge in [-0.15, -0.1) is 0 Å². The summed E-state index contributed by atoms with van der Waals surface area (Å²) in [6.07, 6.45) is 0.364. The van der Waals surface area contributed by atoms with E-state index in [4.69, 9.17) is 14.2 Å². The number of carbonyl (C=O) groups is 1. The molecule has 1 atom stereocenters. The average Bonchev–Trinajstić information content (AvgIpc) is 2.36. The fraction of sp³-hybridized carbons (Fsp3) is 0.533. The molecule has 4 heteroatoms. The number of rotatable bonds is 5. The molecule has 0 spiro atoms. The Morgan fingerprint density at radius 1 is 1.32 bits per heavy atom. The summed E-state index contributed by atoms with van der Waals surface area (Å²) in [5, 5.41) is 0. The van der Waals surface area contributed by atoms with Gasteiger partial charge < -0.3 is 14.2 Å². The van der Waals surface area contributed by atoms with E-state index in [1.165, 1.54) is 0 Å². The van der Waals surface area contributed by atoms with Crippen LogP contribution < -0.4 is 9.47 Å². The van der Waals surface area contributed by atoms with Crippen LogP contribution in [0.4, 0.5) is 0 Å². The lowest BCUT2D eigenvalue weighted by Crippen LogP contribution is -2.15. The maximum absolute atomic E-state index is 11.7. The summed E-state index contributed by atoms with van der Waals surface area (Å²) < 4.78 is 15.9. The zero-order valence-corrected chi connectivity index (χ0v) is 11.6. The lowest BCUT2D eigenvalue weighted by atomic mass is 9.96. The molecule has 1 aromatic rings. The second kappa shape index (κ2) is 5.95. The Labute approximate surface area is 113 Å². The van der Waals surface area contributed by atoms with Gasteiger partial charge in [0.15, 0.2) is 0 Å². The highest BCUT2D eigenvalue weighted by Gasteiger charge is 2.19. The first-order valence-electron chi connectivity index (χ1n) is 6.61. The van der Waals surface area contributed by atoms with Crippen molar-refractivity contribution in [1.29, 1.82) is 0 Å². The normalized spacial score (nSPS) is 14.5. The van der Waals surface area contributed by atoms with E-state index in [0.717, 1.165) is 17.1 Å². The molecule has 4 nitrogen and oxygen atoms in total. The minimum absolute atomic E-state index is 0.0711. The van der Waals surface area contributed by atoms with Gasteiger partial charge in [-0.3, -0.25) is 4.79 Å². The fourth-order valence-corrected chi connectivity index (χ4v) is 1.98. The van der Waals surface area contributed by atoms with E-state index in [9.17, 15) is 4.79 Å². The first-order chi connectivity index (χ1) is 9.06. The lowest BCUT2D eigenvalue weighted by Gasteiger charge is -2.21. The Morgan fingerprint density at radius 3 is 2.84 bits per heavy atom. The van der Waals surface area contributed by atoms with Gasteiger partial charge >= 0.3 is 5.97 Å². The van der Waals surface area contributed by atoms with Crippen LogP contribution in [0.5, 0.6) is 11.5 Å². The summed E-state index contributed by atoms with van der Waals surface area (Å²) in [7, 11) is 0. The molecule has 0 saturated heterocycles. The Balaban J connectivity index is 1.96. The van der Waals surface area contributed by atoms with Crippen molar-refractivity contribution >= 4 is 5.97 Å². The molecule has 1 heterocycles. The van der Waals surface area contributed by atoms with E-state index >= 15 is 0 Å². The number of fused-ring (bicyclic) bond motifs is 2. The molecule has 0 amide bonds. The second-order valence-electron chi connectivity index (χ2n) is 5.29. The van der Waals surface area contributed by atoms with Gasteiger partial charge in [0.25, 0.3) is 0 Å². The molecule has 2 rings (SSSR count). The molecule has 1 aliphatic rings. The van der Waals surface area contributed by atoms with Crippen molar-refractivity contribution in [3.63, 3.8) is 0 Å². The first-order valence-corrected chi connectivity index (χ1v) is 6.61. The largest absolute Gasteiger partial charge is 0.465 e. The van der Waals surface area contributed by atoms with Gasteiger partial charge in [0.2, 0.25) is 6.79 Å². The molecule has 0 radical (unpaired) electrons. The fourth-order valence-electron chi connectivity index (χ4n) is 1.98. The minimum Gasteiger partial charge on any atom is -0.465 e. The van der Waals surface area contributed by atoms with Gasteiger partial charge in [0.05, 0.1) is 13.0 Å². The Hall–Kier alpha value is -1.71. The third kappa shape index (κ3) is 3.63. The van der Waals surface area contributed by atoms with E-state index in [0.29, 0.717) is 18.9 Å². The second-order valence-corrected chi connectivity index (χ2v) is 5.29. The highest BCUT2D eigenvalue weighted by molar-refractivity contribution is 5.70. The van der Waals surface area contributed by atoms with Crippen LogP contribution in [-0.2, 0) is 9.53 Å². The molecule has 0 N–H and O–H groups in total. The first kappa shape index (κ1) is 13.7. The van der Waals surface area contributed by atoms with Gasteiger partial charge in [-0.05, 0) is 23.5 Å². The highest BCUT2D eigenvalue weighted by Crippen LogP contribution is 2.34. The molecule has 2 bridgehead atoms. The Morgan fingerprint density at radius 2 is 2.11 bits per heavy atom. The highest BCUT2D eigenvalue weighted by atomic mass is 16.7. The number of hydrogen-bond donors (Lipinski definition) is 0. The van der Waals surface area contributed by atoms with Crippen LogP contribution in [0.1, 0.15) is 38.7 Å². The molecule has 19 heavy (non-hydrogen) atoms. The third-order valence-electron chi connectivity index (χ3n) is 3.01. The number of hydrogen-bond acceptors (Lipinski definition) is 4. The van der Waals surface area contributed by atoms with Crippen LogP contribution in [0.2, 0.25) is 0 Å². The van der Waals surface area contributed by atoms with Crippen molar-refractivity contribution in [1.82, 2.24) is 0 Å². The molecule has 0 saturated carbocycles. The molecule has 0 aromatic heterocycles. The Kier molecular flexibility index (Phi) is 4.30. The van der Waals surface area contributed by atoms with Gasteiger partial charge in [-0.25, -0.2) is 0 Å². The SMILES string of the molecule is CC(C)COC(=O)CC(C)c1ccc2cc1OCO2. The van der Waals surface area contributed by atoms with E-state index in [2.05, 4.69) is 0 Å². The van der Waals surface area contributed by atoms with Crippen LogP contribution in [0.15, 0.2) is 18.2 Å². The van der Waals surface area contributed by atoms with Crippen molar-refractivity contribution in [2.24, 2.45) is 5.92 Å². The van der Waals surface area contributed by atoms with E-state index in [1.54, 1.807) is 0 Å². The summed E-state index contributed by atoms with van der Waals surface area (Å²) in [6.45, 7) is 6.75. The number of carbonyl (C=O) groups excluding carboxylic acids is 1. The molecule has 0 fully saturated rings. The molecule has 1 aromatic carbocycles. The molecule has 1 unspecified atom stereocenters. The van der Waals surface area contributed by atoms with Crippen molar-refractivity contribution in [3.05, 3.63) is 23.8 Å². The van der Waals surface area contributed by atoms with E-state index in [1.807, 2.05) is 39.0 Å². The third-order valence-corrected chi connectivity index (χ3v) is 3.01. The topological polar surface area (TPSA) is 44.8 Å². The standard InChI is InChI=1S/C15H20O4/c1-10(2)8-17-15(16)6-11(3)13-5-4-12-7-14(13)19-9-18-12/h4-5,7,10-11H,6,8-9H2,1-3H3. The molecule has 104 valence electrons. The van der Waals surface area contributed by atoms with Crippen LogP contribution in [0.25, 0.3) is 0 Å². The Bertz CT molecular complexity index is 453. The van der Waals surface area contributed by atoms with Gasteiger partial charge in [-0.2, -0.15) is 0 Å². The quantitative estimate of drug-likeness (QED) is 0.766. The van der Waals surface area contributed by atoms with Gasteiger partial charge in [0, 0.05) is 6.07 Å². The zero-order chi connectivity index (χ0) is 13.8. The van der Waals surface area contributed by atoms with E-state index < -0.39 is 0 Å².